The second kappa shape index (κ2) is 5.97. The lowest BCUT2D eigenvalue weighted by Crippen LogP contribution is -2.10. The van der Waals surface area contributed by atoms with E-state index in [-0.39, 0.29) is 5.82 Å². The van der Waals surface area contributed by atoms with Crippen LogP contribution < -0.4 is 5.73 Å². The topological polar surface area (TPSA) is 43.8 Å². The minimum atomic E-state index is -0.229. The van der Waals surface area contributed by atoms with Gasteiger partial charge in [-0.2, -0.15) is 5.10 Å². The molecule has 1 heterocycles. The third-order valence-electron chi connectivity index (χ3n) is 3.24. The maximum Gasteiger partial charge on any atom is 0.123 e. The molecule has 2 N–H and O–H groups in total. The van der Waals surface area contributed by atoms with Gasteiger partial charge < -0.3 is 5.73 Å². The second-order valence-corrected chi connectivity index (χ2v) is 4.56. The van der Waals surface area contributed by atoms with Crippen molar-refractivity contribution in [3.05, 3.63) is 47.0 Å². The van der Waals surface area contributed by atoms with Crippen LogP contribution in [0.4, 0.5) is 4.39 Å². The molecular weight excluding hydrogens is 241 g/mol. The second-order valence-electron chi connectivity index (χ2n) is 4.56. The minimum absolute atomic E-state index is 0.229. The Morgan fingerprint density at radius 2 is 2.00 bits per heavy atom. The average Bonchev–Trinajstić information content (AvgIpc) is 2.82. The molecule has 0 saturated heterocycles. The standard InChI is InChI=1S/C15H20FN3/c1-3-13-10-14(4-2)19(18-13)15-6-5-12(16)9-11(15)7-8-17/h5-6,9-10H,3-4,7-8,17H2,1-2H3. The molecule has 0 unspecified atom stereocenters. The number of halogens is 1. The van der Waals surface area contributed by atoms with Gasteiger partial charge in [-0.25, -0.2) is 9.07 Å². The molecule has 0 aliphatic rings. The van der Waals surface area contributed by atoms with Gasteiger partial charge in [0.05, 0.1) is 11.4 Å². The summed E-state index contributed by atoms with van der Waals surface area (Å²) in [4.78, 5) is 0. The highest BCUT2D eigenvalue weighted by Gasteiger charge is 2.11. The zero-order valence-electron chi connectivity index (χ0n) is 11.5. The Morgan fingerprint density at radius 1 is 1.21 bits per heavy atom. The van der Waals surface area contributed by atoms with Crippen LogP contribution in [-0.4, -0.2) is 16.3 Å². The summed E-state index contributed by atoms with van der Waals surface area (Å²) in [6, 6.07) is 6.92. The van der Waals surface area contributed by atoms with Crippen LogP contribution in [0.1, 0.15) is 30.8 Å². The van der Waals surface area contributed by atoms with Crippen molar-refractivity contribution in [2.24, 2.45) is 5.73 Å². The Hall–Kier alpha value is -1.68. The average molecular weight is 261 g/mol. The fourth-order valence-corrected chi connectivity index (χ4v) is 2.22. The minimum Gasteiger partial charge on any atom is -0.330 e. The molecule has 0 saturated carbocycles. The molecule has 0 spiro atoms. The molecule has 1 aromatic carbocycles. The smallest absolute Gasteiger partial charge is 0.123 e. The molecule has 0 radical (unpaired) electrons. The maximum absolute atomic E-state index is 13.4. The van der Waals surface area contributed by atoms with Gasteiger partial charge in [-0.1, -0.05) is 13.8 Å². The molecule has 0 bridgehead atoms. The number of nitrogens with two attached hydrogens (primary N) is 1. The van der Waals surface area contributed by atoms with Gasteiger partial charge in [0.25, 0.3) is 0 Å². The van der Waals surface area contributed by atoms with E-state index < -0.39 is 0 Å². The molecule has 2 rings (SSSR count). The predicted molar refractivity (Wildman–Crippen MR) is 75.0 cm³/mol. The Labute approximate surface area is 113 Å². The van der Waals surface area contributed by atoms with Gasteiger partial charge >= 0.3 is 0 Å². The highest BCUT2D eigenvalue weighted by molar-refractivity contribution is 5.42. The lowest BCUT2D eigenvalue weighted by atomic mass is 10.1. The normalized spacial score (nSPS) is 10.9. The zero-order chi connectivity index (χ0) is 13.8. The molecule has 0 fully saturated rings. The van der Waals surface area contributed by atoms with E-state index in [0.717, 1.165) is 35.5 Å². The third kappa shape index (κ3) is 2.84. The van der Waals surface area contributed by atoms with Gasteiger partial charge in [-0.3, -0.25) is 0 Å². The third-order valence-corrected chi connectivity index (χ3v) is 3.24. The SMILES string of the molecule is CCc1cc(CC)n(-c2ccc(F)cc2CCN)n1. The van der Waals surface area contributed by atoms with E-state index in [4.69, 9.17) is 5.73 Å². The molecule has 0 aliphatic carbocycles. The van der Waals surface area contributed by atoms with E-state index >= 15 is 0 Å². The van der Waals surface area contributed by atoms with Crippen LogP contribution in [0.15, 0.2) is 24.3 Å². The highest BCUT2D eigenvalue weighted by Crippen LogP contribution is 2.20. The Kier molecular flexibility index (Phi) is 4.32. The molecule has 1 aromatic heterocycles. The zero-order valence-corrected chi connectivity index (χ0v) is 11.5. The van der Waals surface area contributed by atoms with Crippen LogP contribution in [0.5, 0.6) is 0 Å². The van der Waals surface area contributed by atoms with Gasteiger partial charge in [-0.05, 0) is 55.6 Å². The van der Waals surface area contributed by atoms with Crippen molar-refractivity contribution in [1.82, 2.24) is 9.78 Å². The maximum atomic E-state index is 13.4. The molecular formula is C15H20FN3. The van der Waals surface area contributed by atoms with Crippen LogP contribution in [-0.2, 0) is 19.3 Å². The summed E-state index contributed by atoms with van der Waals surface area (Å²) < 4.78 is 15.3. The summed E-state index contributed by atoms with van der Waals surface area (Å²) in [6.07, 6.45) is 2.44. The van der Waals surface area contributed by atoms with Crippen molar-refractivity contribution in [3.63, 3.8) is 0 Å². The van der Waals surface area contributed by atoms with Crippen LogP contribution in [0.3, 0.4) is 0 Å². The molecule has 102 valence electrons. The fraction of sp³-hybridized carbons (Fsp3) is 0.400. The van der Waals surface area contributed by atoms with Crippen molar-refractivity contribution in [2.45, 2.75) is 33.1 Å². The van der Waals surface area contributed by atoms with E-state index in [1.54, 1.807) is 12.1 Å². The Bertz CT molecular complexity index is 561. The Morgan fingerprint density at radius 3 is 2.63 bits per heavy atom. The molecule has 2 aromatic rings. The van der Waals surface area contributed by atoms with Crippen molar-refractivity contribution in [1.29, 1.82) is 0 Å². The van der Waals surface area contributed by atoms with E-state index in [0.29, 0.717) is 13.0 Å². The summed E-state index contributed by atoms with van der Waals surface area (Å²) in [5, 5.41) is 4.60. The number of benzene rings is 1. The van der Waals surface area contributed by atoms with Crippen molar-refractivity contribution < 1.29 is 4.39 Å². The summed E-state index contributed by atoms with van der Waals surface area (Å²) in [7, 11) is 0. The lowest BCUT2D eigenvalue weighted by molar-refractivity contribution is 0.623. The van der Waals surface area contributed by atoms with Crippen LogP contribution in [0, 0.1) is 5.82 Å². The fourth-order valence-electron chi connectivity index (χ4n) is 2.22. The summed E-state index contributed by atoms with van der Waals surface area (Å²) in [6.45, 7) is 4.68. The molecule has 19 heavy (non-hydrogen) atoms. The first-order valence-corrected chi connectivity index (χ1v) is 6.76. The van der Waals surface area contributed by atoms with Gasteiger partial charge in [0.15, 0.2) is 0 Å². The van der Waals surface area contributed by atoms with E-state index in [1.807, 2.05) is 4.68 Å². The van der Waals surface area contributed by atoms with Crippen molar-refractivity contribution >= 4 is 0 Å². The molecule has 3 nitrogen and oxygen atoms in total. The van der Waals surface area contributed by atoms with Gasteiger partial charge in [-0.15, -0.1) is 0 Å². The highest BCUT2D eigenvalue weighted by atomic mass is 19.1. The van der Waals surface area contributed by atoms with Crippen molar-refractivity contribution in [2.75, 3.05) is 6.54 Å². The summed E-state index contributed by atoms with van der Waals surface area (Å²) >= 11 is 0. The van der Waals surface area contributed by atoms with Gasteiger partial charge in [0.1, 0.15) is 5.82 Å². The number of hydrogen-bond donors (Lipinski definition) is 1. The Balaban J connectivity index is 2.53. The lowest BCUT2D eigenvalue weighted by Gasteiger charge is -2.11. The monoisotopic (exact) mass is 261 g/mol. The van der Waals surface area contributed by atoms with E-state index in [2.05, 4.69) is 25.0 Å². The first kappa shape index (κ1) is 13.7. The van der Waals surface area contributed by atoms with E-state index in [1.165, 1.54) is 6.07 Å². The quantitative estimate of drug-likeness (QED) is 0.899. The molecule has 0 amide bonds. The number of rotatable bonds is 5. The van der Waals surface area contributed by atoms with Crippen molar-refractivity contribution in [3.8, 4) is 5.69 Å². The largest absolute Gasteiger partial charge is 0.330 e. The molecule has 4 heteroatoms. The van der Waals surface area contributed by atoms with Crippen LogP contribution in [0.25, 0.3) is 5.69 Å². The van der Waals surface area contributed by atoms with E-state index in [9.17, 15) is 4.39 Å². The number of nitrogens with zero attached hydrogens (tertiary/aromatic N) is 2. The number of aromatic nitrogens is 2. The number of hydrogen-bond acceptors (Lipinski definition) is 2. The van der Waals surface area contributed by atoms with Gasteiger partial charge in [0.2, 0.25) is 0 Å². The van der Waals surface area contributed by atoms with Gasteiger partial charge in [0, 0.05) is 5.69 Å². The summed E-state index contributed by atoms with van der Waals surface area (Å²) in [5.74, 6) is -0.229. The van der Waals surface area contributed by atoms with Crippen LogP contribution >= 0.6 is 0 Å². The predicted octanol–water partition coefficient (Wildman–Crippen LogP) is 2.64. The molecule has 0 aliphatic heterocycles. The number of aryl methyl sites for hydroxylation is 2. The molecule has 0 atom stereocenters. The summed E-state index contributed by atoms with van der Waals surface area (Å²) in [5.41, 5.74) is 9.64. The van der Waals surface area contributed by atoms with Crippen LogP contribution in [0.2, 0.25) is 0 Å². The first-order chi connectivity index (χ1) is 9.19. The first-order valence-electron chi connectivity index (χ1n) is 6.76.